The first-order valence-corrected chi connectivity index (χ1v) is 6.38. The van der Waals surface area contributed by atoms with Gasteiger partial charge >= 0.3 is 0 Å². The molecular weight excluding hydrogens is 238 g/mol. The highest BCUT2D eigenvalue weighted by molar-refractivity contribution is 6.00. The summed E-state index contributed by atoms with van der Waals surface area (Å²) in [4.78, 5) is 19.2. The number of hydrogen-bond donors (Lipinski definition) is 2. The molecular formula is C15H17N3O. The monoisotopic (exact) mass is 255 g/mol. The fourth-order valence-electron chi connectivity index (χ4n) is 1.98. The molecule has 98 valence electrons. The Kier molecular flexibility index (Phi) is 4.19. The highest BCUT2D eigenvalue weighted by Gasteiger charge is 2.10. The van der Waals surface area contributed by atoms with E-state index in [1.54, 1.807) is 6.33 Å². The van der Waals surface area contributed by atoms with Crippen LogP contribution in [0.5, 0.6) is 0 Å². The zero-order valence-electron chi connectivity index (χ0n) is 11.0. The summed E-state index contributed by atoms with van der Waals surface area (Å²) in [7, 11) is 0. The van der Waals surface area contributed by atoms with Crippen LogP contribution in [0.3, 0.4) is 0 Å². The van der Waals surface area contributed by atoms with Crippen LogP contribution in [0.1, 0.15) is 31.2 Å². The zero-order chi connectivity index (χ0) is 13.7. The Morgan fingerprint density at radius 2 is 2.32 bits per heavy atom. The van der Waals surface area contributed by atoms with Crippen LogP contribution < -0.4 is 5.32 Å². The smallest absolute Gasteiger partial charge is 0.224 e. The molecule has 0 aliphatic carbocycles. The predicted molar refractivity (Wildman–Crippen MR) is 76.8 cm³/mol. The van der Waals surface area contributed by atoms with Crippen molar-refractivity contribution in [2.45, 2.75) is 32.6 Å². The Labute approximate surface area is 112 Å². The maximum atomic E-state index is 11.9. The van der Waals surface area contributed by atoms with Crippen molar-refractivity contribution >= 4 is 22.6 Å². The Balaban J connectivity index is 2.04. The summed E-state index contributed by atoms with van der Waals surface area (Å²) in [5.41, 5.74) is 3.53. The van der Waals surface area contributed by atoms with Crippen LogP contribution in [0.2, 0.25) is 0 Å². The number of imidazole rings is 1. The van der Waals surface area contributed by atoms with Gasteiger partial charge in [0.2, 0.25) is 5.91 Å². The molecule has 0 saturated heterocycles. The standard InChI is InChI=1S/C15H17N3O/c1-3-4-5-6-7-13(19)18-14-11(2)8-9-12-15(14)17-10-16-12/h1,8-10H,4-7H2,2H3,(H,16,17)(H,18,19). The Morgan fingerprint density at radius 3 is 3.11 bits per heavy atom. The molecule has 2 rings (SSSR count). The van der Waals surface area contributed by atoms with E-state index in [1.165, 1.54) is 0 Å². The topological polar surface area (TPSA) is 57.8 Å². The van der Waals surface area contributed by atoms with Crippen molar-refractivity contribution < 1.29 is 4.79 Å². The molecule has 2 aromatic rings. The van der Waals surface area contributed by atoms with Crippen LogP contribution in [0.25, 0.3) is 11.0 Å². The lowest BCUT2D eigenvalue weighted by Crippen LogP contribution is -2.12. The van der Waals surface area contributed by atoms with Crippen molar-refractivity contribution in [3.05, 3.63) is 24.0 Å². The van der Waals surface area contributed by atoms with Gasteiger partial charge < -0.3 is 10.3 Å². The summed E-state index contributed by atoms with van der Waals surface area (Å²) in [6.07, 6.45) is 9.72. The number of H-pyrrole nitrogens is 1. The Hall–Kier alpha value is -2.28. The molecule has 2 N–H and O–H groups in total. The van der Waals surface area contributed by atoms with Gasteiger partial charge in [0, 0.05) is 12.8 Å². The van der Waals surface area contributed by atoms with Crippen molar-refractivity contribution in [1.82, 2.24) is 9.97 Å². The first-order chi connectivity index (χ1) is 9.22. The lowest BCUT2D eigenvalue weighted by molar-refractivity contribution is -0.116. The molecule has 0 unspecified atom stereocenters. The van der Waals surface area contributed by atoms with E-state index in [2.05, 4.69) is 21.2 Å². The second-order valence-electron chi connectivity index (χ2n) is 4.52. The Bertz CT molecular complexity index is 622. The number of nitrogens with one attached hydrogen (secondary N) is 2. The van der Waals surface area contributed by atoms with Gasteiger partial charge in [-0.05, 0) is 31.4 Å². The van der Waals surface area contributed by atoms with Gasteiger partial charge in [0.05, 0.1) is 17.5 Å². The highest BCUT2D eigenvalue weighted by Crippen LogP contribution is 2.24. The van der Waals surface area contributed by atoms with Crippen LogP contribution in [-0.2, 0) is 4.79 Å². The number of terminal acetylenes is 1. The van der Waals surface area contributed by atoms with Crippen molar-refractivity contribution in [2.75, 3.05) is 5.32 Å². The van der Waals surface area contributed by atoms with E-state index < -0.39 is 0 Å². The molecule has 0 saturated carbocycles. The van der Waals surface area contributed by atoms with Crippen LogP contribution in [0.15, 0.2) is 18.5 Å². The third-order valence-electron chi connectivity index (χ3n) is 3.04. The van der Waals surface area contributed by atoms with Gasteiger partial charge in [0.15, 0.2) is 0 Å². The van der Waals surface area contributed by atoms with E-state index in [-0.39, 0.29) is 5.91 Å². The minimum absolute atomic E-state index is 0.00983. The van der Waals surface area contributed by atoms with Gasteiger partial charge in [-0.25, -0.2) is 4.98 Å². The van der Waals surface area contributed by atoms with Crippen LogP contribution in [0, 0.1) is 19.3 Å². The number of nitrogens with zero attached hydrogens (tertiary/aromatic N) is 1. The SMILES string of the molecule is C#CCCCCC(=O)Nc1c(C)ccc2[nH]cnc12. The zero-order valence-corrected chi connectivity index (χ0v) is 11.0. The first-order valence-electron chi connectivity index (χ1n) is 6.38. The summed E-state index contributed by atoms with van der Waals surface area (Å²) >= 11 is 0. The molecule has 19 heavy (non-hydrogen) atoms. The minimum atomic E-state index is 0.00983. The number of fused-ring (bicyclic) bond motifs is 1. The van der Waals surface area contributed by atoms with E-state index in [9.17, 15) is 4.79 Å². The number of amides is 1. The molecule has 0 spiro atoms. The summed E-state index contributed by atoms with van der Waals surface area (Å²) in [5.74, 6) is 2.58. The van der Waals surface area contributed by atoms with E-state index in [0.29, 0.717) is 6.42 Å². The number of aromatic amines is 1. The number of benzene rings is 1. The normalized spacial score (nSPS) is 10.3. The molecule has 0 radical (unpaired) electrons. The first kappa shape index (κ1) is 13.2. The van der Waals surface area contributed by atoms with Gasteiger partial charge in [-0.2, -0.15) is 0 Å². The maximum Gasteiger partial charge on any atom is 0.224 e. The molecule has 1 heterocycles. The van der Waals surface area contributed by atoms with Crippen LogP contribution >= 0.6 is 0 Å². The summed E-state index contributed by atoms with van der Waals surface area (Å²) in [6.45, 7) is 1.96. The molecule has 1 amide bonds. The number of aromatic nitrogens is 2. The molecule has 1 aromatic heterocycles. The number of carbonyl (C=O) groups is 1. The van der Waals surface area contributed by atoms with Gasteiger partial charge in [-0.15, -0.1) is 12.3 Å². The molecule has 0 aliphatic rings. The number of anilines is 1. The number of carbonyl (C=O) groups excluding carboxylic acids is 1. The van der Waals surface area contributed by atoms with Crippen molar-refractivity contribution in [1.29, 1.82) is 0 Å². The molecule has 4 nitrogen and oxygen atoms in total. The summed E-state index contributed by atoms with van der Waals surface area (Å²) < 4.78 is 0. The molecule has 0 bridgehead atoms. The summed E-state index contributed by atoms with van der Waals surface area (Å²) in [5, 5.41) is 2.94. The third kappa shape index (κ3) is 3.14. The van der Waals surface area contributed by atoms with Gasteiger partial charge in [0.25, 0.3) is 0 Å². The van der Waals surface area contributed by atoms with Crippen molar-refractivity contribution in [3.63, 3.8) is 0 Å². The fraction of sp³-hybridized carbons (Fsp3) is 0.333. The number of rotatable bonds is 5. The largest absolute Gasteiger partial charge is 0.345 e. The third-order valence-corrected chi connectivity index (χ3v) is 3.04. The van der Waals surface area contributed by atoms with Crippen LogP contribution in [-0.4, -0.2) is 15.9 Å². The quantitative estimate of drug-likeness (QED) is 0.637. The predicted octanol–water partition coefficient (Wildman–Crippen LogP) is 3.00. The molecule has 1 aromatic carbocycles. The van der Waals surface area contributed by atoms with Gasteiger partial charge in [-0.1, -0.05) is 6.07 Å². The number of unbranched alkanes of at least 4 members (excludes halogenated alkanes) is 2. The number of hydrogen-bond acceptors (Lipinski definition) is 2. The van der Waals surface area contributed by atoms with Gasteiger partial charge in [-0.3, -0.25) is 4.79 Å². The second kappa shape index (κ2) is 6.05. The molecule has 0 fully saturated rings. The lowest BCUT2D eigenvalue weighted by Gasteiger charge is -2.08. The van der Waals surface area contributed by atoms with Gasteiger partial charge in [0.1, 0.15) is 5.52 Å². The highest BCUT2D eigenvalue weighted by atomic mass is 16.1. The Morgan fingerprint density at radius 1 is 1.47 bits per heavy atom. The number of aryl methyl sites for hydroxylation is 1. The molecule has 4 heteroatoms. The minimum Gasteiger partial charge on any atom is -0.345 e. The second-order valence-corrected chi connectivity index (χ2v) is 4.52. The average Bonchev–Trinajstić information content (AvgIpc) is 2.87. The van der Waals surface area contributed by atoms with E-state index >= 15 is 0 Å². The van der Waals surface area contributed by atoms with Crippen LogP contribution in [0.4, 0.5) is 5.69 Å². The maximum absolute atomic E-state index is 11.9. The fourth-order valence-corrected chi connectivity index (χ4v) is 1.98. The average molecular weight is 255 g/mol. The molecule has 0 atom stereocenters. The lowest BCUT2D eigenvalue weighted by atomic mass is 10.1. The summed E-state index contributed by atoms with van der Waals surface area (Å²) in [6, 6.07) is 3.93. The molecule has 0 aliphatic heterocycles. The van der Waals surface area contributed by atoms with Crippen molar-refractivity contribution in [2.24, 2.45) is 0 Å². The van der Waals surface area contributed by atoms with E-state index in [4.69, 9.17) is 6.42 Å². The van der Waals surface area contributed by atoms with E-state index in [0.717, 1.165) is 41.5 Å². The van der Waals surface area contributed by atoms with E-state index in [1.807, 2.05) is 19.1 Å². The van der Waals surface area contributed by atoms with Crippen molar-refractivity contribution in [3.8, 4) is 12.3 Å².